The number of nitrogens with one attached hydrogen (secondary N) is 2. The highest BCUT2D eigenvalue weighted by molar-refractivity contribution is 7.89. The van der Waals surface area contributed by atoms with Crippen LogP contribution in [0.25, 0.3) is 10.8 Å². The number of hydrazine groups is 1. The summed E-state index contributed by atoms with van der Waals surface area (Å²) in [5.74, 6) is 0.424. The zero-order valence-electron chi connectivity index (χ0n) is 18.0. The van der Waals surface area contributed by atoms with Crippen molar-refractivity contribution in [3.63, 3.8) is 0 Å². The van der Waals surface area contributed by atoms with Crippen LogP contribution in [0.1, 0.15) is 33.3 Å². The van der Waals surface area contributed by atoms with E-state index in [0.29, 0.717) is 5.82 Å². The van der Waals surface area contributed by atoms with Crippen molar-refractivity contribution >= 4 is 32.3 Å². The molecule has 8 heteroatoms. The lowest BCUT2D eigenvalue weighted by molar-refractivity contribution is 0.473. The topological polar surface area (TPSA) is 100 Å². The molecule has 31 heavy (non-hydrogen) atoms. The van der Waals surface area contributed by atoms with Gasteiger partial charge in [-0.2, -0.15) is 4.72 Å². The highest BCUT2D eigenvalue weighted by Gasteiger charge is 2.38. The Balaban J connectivity index is 1.69. The smallest absolute Gasteiger partial charge is 0.242 e. The van der Waals surface area contributed by atoms with Crippen LogP contribution < -0.4 is 20.9 Å². The summed E-state index contributed by atoms with van der Waals surface area (Å²) in [6.45, 7) is 8.08. The third kappa shape index (κ3) is 3.84. The number of rotatable bonds is 4. The molecule has 7 nitrogen and oxygen atoms in total. The highest BCUT2D eigenvalue weighted by atomic mass is 32.2. The van der Waals surface area contributed by atoms with Crippen LogP contribution in [0.2, 0.25) is 0 Å². The number of hydrogen-bond acceptors (Lipinski definition) is 6. The van der Waals surface area contributed by atoms with E-state index < -0.39 is 15.7 Å². The van der Waals surface area contributed by atoms with E-state index in [1.54, 1.807) is 42.5 Å². The molecule has 0 radical (unpaired) electrons. The Kier molecular flexibility index (Phi) is 4.94. The average molecular weight is 438 g/mol. The second-order valence-corrected chi connectivity index (χ2v) is 10.6. The van der Waals surface area contributed by atoms with E-state index in [9.17, 15) is 8.42 Å². The van der Waals surface area contributed by atoms with E-state index in [1.165, 1.54) is 0 Å². The van der Waals surface area contributed by atoms with Gasteiger partial charge >= 0.3 is 0 Å². The Bertz CT molecular complexity index is 1260. The van der Waals surface area contributed by atoms with Crippen LogP contribution >= 0.6 is 0 Å². The molecular weight excluding hydrogens is 410 g/mol. The Morgan fingerprint density at radius 3 is 2.45 bits per heavy atom. The molecular formula is C23H27N5O2S. The molecule has 0 bridgehead atoms. The van der Waals surface area contributed by atoms with Crippen molar-refractivity contribution in [2.45, 2.75) is 43.7 Å². The summed E-state index contributed by atoms with van der Waals surface area (Å²) >= 11 is 0. The van der Waals surface area contributed by atoms with Crippen LogP contribution in [-0.2, 0) is 15.4 Å². The van der Waals surface area contributed by atoms with Crippen molar-refractivity contribution < 1.29 is 8.42 Å². The van der Waals surface area contributed by atoms with E-state index in [-0.39, 0.29) is 10.3 Å². The van der Waals surface area contributed by atoms with E-state index in [1.807, 2.05) is 36.4 Å². The summed E-state index contributed by atoms with van der Waals surface area (Å²) in [5.41, 5.74) is 9.94. The maximum Gasteiger partial charge on any atom is 0.242 e. The minimum absolute atomic E-state index is 0.0539. The van der Waals surface area contributed by atoms with Crippen molar-refractivity contribution in [2.24, 2.45) is 0 Å². The average Bonchev–Trinajstić information content (AvgIpc) is 3.07. The predicted octanol–water partition coefficient (Wildman–Crippen LogP) is 3.65. The highest BCUT2D eigenvalue weighted by Crippen LogP contribution is 2.34. The number of pyridine rings is 1. The fourth-order valence-electron chi connectivity index (χ4n) is 3.76. The molecule has 0 saturated carbocycles. The number of benzene rings is 2. The first-order valence-electron chi connectivity index (χ1n) is 10.0. The van der Waals surface area contributed by atoms with Crippen LogP contribution in [0.5, 0.6) is 0 Å². The van der Waals surface area contributed by atoms with Gasteiger partial charge < -0.3 is 11.2 Å². The second-order valence-electron chi connectivity index (χ2n) is 8.89. The Hall–Kier alpha value is -3.10. The molecule has 3 aromatic rings. The maximum atomic E-state index is 13.2. The number of sulfonamides is 1. The molecule has 1 aliphatic heterocycles. The fourth-order valence-corrected chi connectivity index (χ4v) is 5.07. The SMILES string of the molecule is CC(C)(C)c1ccc(S(=O)(=O)NC2(C)C=CNN2c2cccc3c(N)nccc23)cc1. The van der Waals surface area contributed by atoms with Gasteiger partial charge in [0.15, 0.2) is 0 Å². The van der Waals surface area contributed by atoms with Crippen LogP contribution in [0.4, 0.5) is 11.5 Å². The lowest BCUT2D eigenvalue weighted by Crippen LogP contribution is -2.58. The van der Waals surface area contributed by atoms with Gasteiger partial charge in [0.1, 0.15) is 11.5 Å². The van der Waals surface area contributed by atoms with Gasteiger partial charge in [0.2, 0.25) is 10.0 Å². The first-order valence-corrected chi connectivity index (χ1v) is 11.5. The number of aromatic nitrogens is 1. The summed E-state index contributed by atoms with van der Waals surface area (Å²) in [7, 11) is -3.79. The normalized spacial score (nSPS) is 19.0. The maximum absolute atomic E-state index is 13.2. The molecule has 0 aliphatic carbocycles. The number of nitrogens with zero attached hydrogens (tertiary/aromatic N) is 2. The molecule has 1 aromatic heterocycles. The number of hydrogen-bond donors (Lipinski definition) is 3. The van der Waals surface area contributed by atoms with E-state index >= 15 is 0 Å². The molecule has 4 rings (SSSR count). The molecule has 1 atom stereocenters. The zero-order chi connectivity index (χ0) is 22.4. The summed E-state index contributed by atoms with van der Waals surface area (Å²) in [6.07, 6.45) is 5.13. The summed E-state index contributed by atoms with van der Waals surface area (Å²) in [5, 5.41) is 3.44. The van der Waals surface area contributed by atoms with Crippen LogP contribution in [-0.4, -0.2) is 19.1 Å². The molecule has 162 valence electrons. The molecule has 0 spiro atoms. The monoisotopic (exact) mass is 437 g/mol. The lowest BCUT2D eigenvalue weighted by Gasteiger charge is -2.36. The first-order chi connectivity index (χ1) is 14.5. The number of nitrogens with two attached hydrogens (primary N) is 1. The van der Waals surface area contributed by atoms with E-state index in [4.69, 9.17) is 5.73 Å². The zero-order valence-corrected chi connectivity index (χ0v) is 18.9. The Labute approximate surface area is 183 Å². The molecule has 1 unspecified atom stereocenters. The quantitative estimate of drug-likeness (QED) is 0.576. The van der Waals surface area contributed by atoms with Crippen LogP contribution in [0.15, 0.2) is 71.9 Å². The summed E-state index contributed by atoms with van der Waals surface area (Å²) in [6, 6.07) is 14.5. The van der Waals surface area contributed by atoms with Crippen molar-refractivity contribution in [1.29, 1.82) is 0 Å². The molecule has 0 fully saturated rings. The van der Waals surface area contributed by atoms with Crippen molar-refractivity contribution in [3.05, 3.63) is 72.6 Å². The number of nitrogen functional groups attached to an aromatic ring is 1. The molecule has 2 aromatic carbocycles. The second kappa shape index (κ2) is 7.25. The van der Waals surface area contributed by atoms with Gasteiger partial charge in [-0.05, 0) is 48.2 Å². The lowest BCUT2D eigenvalue weighted by atomic mass is 9.87. The van der Waals surface area contributed by atoms with E-state index in [0.717, 1.165) is 22.0 Å². The minimum Gasteiger partial charge on any atom is -0.383 e. The summed E-state index contributed by atoms with van der Waals surface area (Å²) in [4.78, 5) is 4.36. The fraction of sp³-hybridized carbons (Fsp3) is 0.261. The van der Waals surface area contributed by atoms with Crippen molar-refractivity contribution in [1.82, 2.24) is 15.1 Å². The van der Waals surface area contributed by atoms with Crippen molar-refractivity contribution in [2.75, 3.05) is 10.7 Å². The standard InChI is InChI=1S/C23H27N5O2S/c1-22(2,3)16-8-10-17(11-9-16)31(29,30)27-23(4)13-15-26-28(23)20-7-5-6-19-18(20)12-14-25-21(19)24/h5-15,26-27H,1-4H3,(H2,24,25). The molecule has 0 amide bonds. The van der Waals surface area contributed by atoms with Crippen LogP contribution in [0, 0.1) is 0 Å². The first kappa shape index (κ1) is 21.1. The van der Waals surface area contributed by atoms with Gasteiger partial charge in [-0.3, -0.25) is 5.01 Å². The number of anilines is 2. The molecule has 2 heterocycles. The van der Waals surface area contributed by atoms with Gasteiger partial charge in [0, 0.05) is 23.2 Å². The van der Waals surface area contributed by atoms with Gasteiger partial charge in [0.05, 0.1) is 10.6 Å². The van der Waals surface area contributed by atoms with Gasteiger partial charge in [-0.1, -0.05) is 45.0 Å². The minimum atomic E-state index is -3.79. The molecule has 1 aliphatic rings. The van der Waals surface area contributed by atoms with Gasteiger partial charge in [0.25, 0.3) is 0 Å². The Morgan fingerprint density at radius 2 is 1.77 bits per heavy atom. The summed E-state index contributed by atoms with van der Waals surface area (Å²) < 4.78 is 29.3. The Morgan fingerprint density at radius 1 is 1.06 bits per heavy atom. The third-order valence-corrected chi connectivity index (χ3v) is 7.08. The van der Waals surface area contributed by atoms with Gasteiger partial charge in [-0.15, -0.1) is 0 Å². The number of fused-ring (bicyclic) bond motifs is 1. The van der Waals surface area contributed by atoms with Gasteiger partial charge in [-0.25, -0.2) is 13.4 Å². The predicted molar refractivity (Wildman–Crippen MR) is 125 cm³/mol. The largest absolute Gasteiger partial charge is 0.383 e. The molecule has 0 saturated heterocycles. The van der Waals surface area contributed by atoms with Crippen LogP contribution in [0.3, 0.4) is 0 Å². The molecule has 4 N–H and O–H groups in total. The van der Waals surface area contributed by atoms with Crippen molar-refractivity contribution in [3.8, 4) is 0 Å². The van der Waals surface area contributed by atoms with E-state index in [2.05, 4.69) is 35.9 Å². The third-order valence-electron chi connectivity index (χ3n) is 5.50.